The molecule has 2 nitrogen and oxygen atoms in total. The third-order valence-electron chi connectivity index (χ3n) is 2.24. The quantitative estimate of drug-likeness (QED) is 0.383. The zero-order valence-corrected chi connectivity index (χ0v) is 5.25. The van der Waals surface area contributed by atoms with Gasteiger partial charge in [-0.25, -0.2) is 0 Å². The molecule has 1 saturated carbocycles. The van der Waals surface area contributed by atoms with E-state index in [2.05, 4.69) is 0 Å². The van der Waals surface area contributed by atoms with Crippen molar-refractivity contribution < 1.29 is 9.53 Å². The first kappa shape index (κ1) is 5.42. The molecule has 9 heavy (non-hydrogen) atoms. The summed E-state index contributed by atoms with van der Waals surface area (Å²) >= 11 is 0. The second-order valence-corrected chi connectivity index (χ2v) is 2.92. The van der Waals surface area contributed by atoms with Crippen LogP contribution in [0.2, 0.25) is 0 Å². The Labute approximate surface area is 54.2 Å². The molecule has 0 spiro atoms. The van der Waals surface area contributed by atoms with E-state index in [0.717, 1.165) is 25.5 Å². The fraction of sp³-hybridized carbons (Fsp3) is 0.857. The van der Waals surface area contributed by atoms with Crippen molar-refractivity contribution in [1.29, 1.82) is 0 Å². The predicted molar refractivity (Wildman–Crippen MR) is 32.1 cm³/mol. The highest BCUT2D eigenvalue weighted by molar-refractivity contribution is 5.54. The van der Waals surface area contributed by atoms with Crippen LogP contribution < -0.4 is 0 Å². The summed E-state index contributed by atoms with van der Waals surface area (Å²) in [5.74, 6) is 0.300. The average Bonchev–Trinajstić information content (AvgIpc) is 2.64. The Morgan fingerprint density at radius 3 is 2.89 bits per heavy atom. The van der Waals surface area contributed by atoms with Crippen LogP contribution in [0.3, 0.4) is 0 Å². The number of aldehydes is 1. The molecule has 2 fully saturated rings. The minimum absolute atomic E-state index is 0.300. The molecule has 2 rings (SSSR count). The topological polar surface area (TPSA) is 29.6 Å². The molecule has 0 N–H and O–H groups in total. The van der Waals surface area contributed by atoms with Gasteiger partial charge in [-0.3, -0.25) is 0 Å². The molecule has 2 heteroatoms. The number of hydrogen-bond donors (Lipinski definition) is 0. The second-order valence-electron chi connectivity index (χ2n) is 2.92. The second kappa shape index (κ2) is 1.81. The van der Waals surface area contributed by atoms with Crippen molar-refractivity contribution in [1.82, 2.24) is 0 Å². The van der Waals surface area contributed by atoms with Gasteiger partial charge < -0.3 is 9.53 Å². The Bertz CT molecular complexity index is 133. The van der Waals surface area contributed by atoms with Gasteiger partial charge in [0.25, 0.3) is 0 Å². The molecular weight excluding hydrogens is 116 g/mol. The molecule has 0 radical (unpaired) electrons. The highest BCUT2D eigenvalue weighted by atomic mass is 16.6. The normalized spacial score (nSPS) is 47.8. The van der Waals surface area contributed by atoms with Crippen molar-refractivity contribution in [3.05, 3.63) is 0 Å². The van der Waals surface area contributed by atoms with Crippen molar-refractivity contribution in [2.45, 2.75) is 31.5 Å². The van der Waals surface area contributed by atoms with Gasteiger partial charge in [0.1, 0.15) is 6.29 Å². The molecule has 0 amide bonds. The van der Waals surface area contributed by atoms with Crippen LogP contribution in [-0.2, 0) is 9.53 Å². The third kappa shape index (κ3) is 0.874. The maximum Gasteiger partial charge on any atom is 0.123 e. The molecule has 0 aromatic rings. The molecule has 1 heterocycles. The van der Waals surface area contributed by atoms with Gasteiger partial charge in [-0.2, -0.15) is 0 Å². The smallest absolute Gasteiger partial charge is 0.123 e. The van der Waals surface area contributed by atoms with Crippen LogP contribution >= 0.6 is 0 Å². The van der Waals surface area contributed by atoms with Crippen LogP contribution in [0.15, 0.2) is 0 Å². The van der Waals surface area contributed by atoms with E-state index >= 15 is 0 Å². The molecule has 2 unspecified atom stereocenters. The Balaban J connectivity index is 1.93. The lowest BCUT2D eigenvalue weighted by Crippen LogP contribution is -2.13. The van der Waals surface area contributed by atoms with Gasteiger partial charge in [-0.05, 0) is 19.3 Å². The van der Waals surface area contributed by atoms with Gasteiger partial charge in [0.15, 0.2) is 0 Å². The lowest BCUT2D eigenvalue weighted by molar-refractivity contribution is -0.111. The summed E-state index contributed by atoms with van der Waals surface area (Å²) in [7, 11) is 0. The van der Waals surface area contributed by atoms with Gasteiger partial charge in [-0.15, -0.1) is 0 Å². The Morgan fingerprint density at radius 1 is 1.33 bits per heavy atom. The Hall–Kier alpha value is -0.370. The molecule has 0 aromatic heterocycles. The van der Waals surface area contributed by atoms with Crippen LogP contribution in [-0.4, -0.2) is 18.5 Å². The predicted octanol–water partition coefficient (Wildman–Crippen LogP) is 0.753. The zero-order chi connectivity index (χ0) is 6.27. The Kier molecular flexibility index (Phi) is 1.09. The van der Waals surface area contributed by atoms with E-state index in [9.17, 15) is 4.79 Å². The highest BCUT2D eigenvalue weighted by Gasteiger charge is 2.43. The standard InChI is InChI=1S/C7H10O2/c8-4-5-1-2-6-7(3-5)9-6/h4-7H,1-3H2/t5-,6?,7?/m0/s1. The first-order chi connectivity index (χ1) is 4.40. The number of fused-ring (bicyclic) bond motifs is 1. The molecule has 2 aliphatic rings. The molecule has 1 saturated heterocycles. The van der Waals surface area contributed by atoms with Gasteiger partial charge in [0.2, 0.25) is 0 Å². The summed E-state index contributed by atoms with van der Waals surface area (Å²) in [6, 6.07) is 0. The van der Waals surface area contributed by atoms with E-state index in [4.69, 9.17) is 4.74 Å². The minimum atomic E-state index is 0.300. The van der Waals surface area contributed by atoms with E-state index < -0.39 is 0 Å². The lowest BCUT2D eigenvalue weighted by atomic mass is 9.91. The maximum atomic E-state index is 10.3. The van der Waals surface area contributed by atoms with Gasteiger partial charge in [0.05, 0.1) is 12.2 Å². The molecular formula is C7H10O2. The molecule has 1 aliphatic carbocycles. The SMILES string of the molecule is O=C[C@H]1CCC2OC2C1. The molecule has 3 atom stereocenters. The van der Waals surface area contributed by atoms with Crippen LogP contribution in [0.4, 0.5) is 0 Å². The molecule has 0 bridgehead atoms. The number of carbonyl (C=O) groups is 1. The van der Waals surface area contributed by atoms with Crippen LogP contribution in [0.1, 0.15) is 19.3 Å². The molecule has 50 valence electrons. The fourth-order valence-corrected chi connectivity index (χ4v) is 1.56. The number of carbonyl (C=O) groups excluding carboxylic acids is 1. The zero-order valence-electron chi connectivity index (χ0n) is 5.25. The fourth-order valence-electron chi connectivity index (χ4n) is 1.56. The monoisotopic (exact) mass is 126 g/mol. The van der Waals surface area contributed by atoms with E-state index in [1.165, 1.54) is 0 Å². The van der Waals surface area contributed by atoms with Crippen molar-refractivity contribution in [3.8, 4) is 0 Å². The van der Waals surface area contributed by atoms with Gasteiger partial charge in [-0.1, -0.05) is 0 Å². The van der Waals surface area contributed by atoms with Crippen LogP contribution in [0.5, 0.6) is 0 Å². The maximum absolute atomic E-state index is 10.3. The largest absolute Gasteiger partial charge is 0.370 e. The van der Waals surface area contributed by atoms with Crippen LogP contribution in [0, 0.1) is 5.92 Å². The van der Waals surface area contributed by atoms with E-state index in [1.807, 2.05) is 0 Å². The number of hydrogen-bond acceptors (Lipinski definition) is 2. The first-order valence-electron chi connectivity index (χ1n) is 3.51. The van der Waals surface area contributed by atoms with Crippen LogP contribution in [0.25, 0.3) is 0 Å². The van der Waals surface area contributed by atoms with E-state index in [0.29, 0.717) is 18.1 Å². The number of rotatable bonds is 1. The first-order valence-corrected chi connectivity index (χ1v) is 3.51. The summed E-state index contributed by atoms with van der Waals surface area (Å²) in [5.41, 5.74) is 0. The minimum Gasteiger partial charge on any atom is -0.370 e. The van der Waals surface area contributed by atoms with E-state index in [-0.39, 0.29) is 0 Å². The van der Waals surface area contributed by atoms with Gasteiger partial charge >= 0.3 is 0 Å². The summed E-state index contributed by atoms with van der Waals surface area (Å²) in [6.07, 6.45) is 5.18. The third-order valence-corrected chi connectivity index (χ3v) is 2.24. The number of ether oxygens (including phenoxy) is 1. The van der Waals surface area contributed by atoms with Gasteiger partial charge in [0, 0.05) is 5.92 Å². The van der Waals surface area contributed by atoms with Crippen molar-refractivity contribution in [2.75, 3.05) is 0 Å². The average molecular weight is 126 g/mol. The molecule has 0 aromatic carbocycles. The summed E-state index contributed by atoms with van der Waals surface area (Å²) in [5, 5.41) is 0. The number of epoxide rings is 1. The molecule has 1 aliphatic heterocycles. The van der Waals surface area contributed by atoms with Crippen molar-refractivity contribution >= 4 is 6.29 Å². The summed E-state index contributed by atoms with van der Waals surface area (Å²) in [4.78, 5) is 10.3. The lowest BCUT2D eigenvalue weighted by Gasteiger charge is -2.10. The Morgan fingerprint density at radius 2 is 2.22 bits per heavy atom. The van der Waals surface area contributed by atoms with E-state index in [1.54, 1.807) is 0 Å². The van der Waals surface area contributed by atoms with Crippen molar-refractivity contribution in [2.24, 2.45) is 5.92 Å². The summed E-state index contributed by atoms with van der Waals surface area (Å²) < 4.78 is 5.25. The van der Waals surface area contributed by atoms with Crippen molar-refractivity contribution in [3.63, 3.8) is 0 Å². The summed E-state index contributed by atoms with van der Waals surface area (Å²) in [6.45, 7) is 0. The highest BCUT2D eigenvalue weighted by Crippen LogP contribution is 2.38.